The molecule has 4 nitrogen and oxygen atoms in total. The van der Waals surface area contributed by atoms with Crippen molar-refractivity contribution in [1.29, 1.82) is 0 Å². The molecule has 10 aromatic rings. The number of para-hydroxylation sites is 2. The topological polar surface area (TPSA) is 35.6 Å². The van der Waals surface area contributed by atoms with Crippen molar-refractivity contribution in [2.45, 2.75) is 0 Å². The van der Waals surface area contributed by atoms with E-state index in [1.54, 1.807) is 0 Å². The number of hydrogen-bond acceptors (Lipinski definition) is 2. The van der Waals surface area contributed by atoms with E-state index < -0.39 is 0 Å². The Kier molecular flexibility index (Phi) is 6.46. The zero-order chi connectivity index (χ0) is 33.0. The van der Waals surface area contributed by atoms with Crippen molar-refractivity contribution in [1.82, 2.24) is 19.1 Å². The zero-order valence-electron chi connectivity index (χ0n) is 27.1. The van der Waals surface area contributed by atoms with Crippen LogP contribution in [0.3, 0.4) is 0 Å². The van der Waals surface area contributed by atoms with E-state index in [2.05, 4.69) is 155 Å². The minimum absolute atomic E-state index is 0.715. The molecule has 0 aliphatic heterocycles. The second kappa shape index (κ2) is 11.4. The van der Waals surface area contributed by atoms with Crippen molar-refractivity contribution in [2.24, 2.45) is 0 Å². The van der Waals surface area contributed by atoms with Crippen molar-refractivity contribution in [3.05, 3.63) is 182 Å². The van der Waals surface area contributed by atoms with E-state index in [9.17, 15) is 0 Å². The molecule has 7 aromatic carbocycles. The van der Waals surface area contributed by atoms with Gasteiger partial charge < -0.3 is 9.13 Å². The fraction of sp³-hybridized carbons (Fsp3) is 0. The Balaban J connectivity index is 1.14. The molecule has 0 aliphatic rings. The van der Waals surface area contributed by atoms with E-state index in [4.69, 9.17) is 9.97 Å². The molecule has 0 radical (unpaired) electrons. The van der Waals surface area contributed by atoms with Crippen molar-refractivity contribution < 1.29 is 0 Å². The van der Waals surface area contributed by atoms with Crippen molar-refractivity contribution in [3.63, 3.8) is 0 Å². The van der Waals surface area contributed by atoms with Gasteiger partial charge in [0.25, 0.3) is 0 Å². The Bertz CT molecular complexity index is 2770. The lowest BCUT2D eigenvalue weighted by molar-refractivity contribution is 1.13. The Morgan fingerprint density at radius 2 is 1.02 bits per heavy atom. The molecule has 0 unspecified atom stereocenters. The van der Waals surface area contributed by atoms with Crippen molar-refractivity contribution in [3.8, 4) is 45.3 Å². The smallest absolute Gasteiger partial charge is 0.160 e. The summed E-state index contributed by atoms with van der Waals surface area (Å²) < 4.78 is 4.69. The Morgan fingerprint density at radius 1 is 0.380 bits per heavy atom. The van der Waals surface area contributed by atoms with Crippen LogP contribution in [0.25, 0.3) is 88.8 Å². The van der Waals surface area contributed by atoms with Gasteiger partial charge in [-0.2, -0.15) is 0 Å². The number of aromatic nitrogens is 4. The summed E-state index contributed by atoms with van der Waals surface area (Å²) in [5.41, 5.74) is 10.8. The number of nitrogens with zero attached hydrogens (tertiary/aromatic N) is 4. The zero-order valence-corrected chi connectivity index (χ0v) is 27.1. The van der Waals surface area contributed by atoms with Gasteiger partial charge in [-0.25, -0.2) is 9.97 Å². The second-order valence-electron chi connectivity index (χ2n) is 12.7. The van der Waals surface area contributed by atoms with Gasteiger partial charge in [0.15, 0.2) is 5.82 Å². The molecule has 3 heterocycles. The Morgan fingerprint density at radius 3 is 1.76 bits per heavy atom. The normalized spacial score (nSPS) is 11.6. The molecule has 0 amide bonds. The highest BCUT2D eigenvalue weighted by Gasteiger charge is 2.17. The number of fused-ring (bicyclic) bond motifs is 6. The lowest BCUT2D eigenvalue weighted by Gasteiger charge is -2.13. The quantitative estimate of drug-likeness (QED) is 0.188. The first kappa shape index (κ1) is 28.3. The molecule has 0 saturated carbocycles. The first-order valence-electron chi connectivity index (χ1n) is 16.9. The lowest BCUT2D eigenvalue weighted by atomic mass is 10.0. The van der Waals surface area contributed by atoms with Crippen LogP contribution >= 0.6 is 0 Å². The average Bonchev–Trinajstić information content (AvgIpc) is 3.77. The van der Waals surface area contributed by atoms with Crippen molar-refractivity contribution in [2.75, 3.05) is 0 Å². The van der Waals surface area contributed by atoms with Crippen LogP contribution in [-0.2, 0) is 0 Å². The van der Waals surface area contributed by atoms with Crippen LogP contribution in [0.15, 0.2) is 182 Å². The molecule has 10 rings (SSSR count). The van der Waals surface area contributed by atoms with E-state index >= 15 is 0 Å². The van der Waals surface area contributed by atoms with Gasteiger partial charge in [-0.1, -0.05) is 121 Å². The summed E-state index contributed by atoms with van der Waals surface area (Å²) in [6.07, 6.45) is 2.17. The Labute approximate surface area is 289 Å². The summed E-state index contributed by atoms with van der Waals surface area (Å²) in [6.45, 7) is 0. The van der Waals surface area contributed by atoms with E-state index in [1.165, 1.54) is 43.5 Å². The molecule has 0 bridgehead atoms. The van der Waals surface area contributed by atoms with Gasteiger partial charge in [0, 0.05) is 55.8 Å². The van der Waals surface area contributed by atoms with Crippen LogP contribution in [0, 0.1) is 0 Å². The highest BCUT2D eigenvalue weighted by atomic mass is 15.0. The van der Waals surface area contributed by atoms with Crippen LogP contribution in [0.4, 0.5) is 0 Å². The van der Waals surface area contributed by atoms with E-state index in [0.29, 0.717) is 5.82 Å². The summed E-state index contributed by atoms with van der Waals surface area (Å²) in [4.78, 5) is 10.0. The summed E-state index contributed by atoms with van der Waals surface area (Å²) >= 11 is 0. The van der Waals surface area contributed by atoms with Gasteiger partial charge >= 0.3 is 0 Å². The van der Waals surface area contributed by atoms with Gasteiger partial charge in [-0.3, -0.25) is 0 Å². The summed E-state index contributed by atoms with van der Waals surface area (Å²) in [6, 6.07) is 62.1. The number of benzene rings is 7. The molecular formula is C46H30N4. The molecule has 0 aliphatic carbocycles. The third-order valence-electron chi connectivity index (χ3n) is 9.74. The first-order valence-corrected chi connectivity index (χ1v) is 16.9. The highest BCUT2D eigenvalue weighted by molar-refractivity contribution is 6.20. The monoisotopic (exact) mass is 638 g/mol. The summed E-state index contributed by atoms with van der Waals surface area (Å²) in [7, 11) is 0. The average molecular weight is 639 g/mol. The van der Waals surface area contributed by atoms with Crippen molar-refractivity contribution >= 4 is 43.5 Å². The van der Waals surface area contributed by atoms with E-state index in [0.717, 1.165) is 39.5 Å². The molecule has 0 atom stereocenters. The minimum Gasteiger partial charge on any atom is -0.317 e. The fourth-order valence-corrected chi connectivity index (χ4v) is 7.35. The third-order valence-corrected chi connectivity index (χ3v) is 9.74. The molecule has 0 spiro atoms. The maximum atomic E-state index is 5.07. The molecular weight excluding hydrogens is 609 g/mol. The van der Waals surface area contributed by atoms with E-state index in [1.807, 2.05) is 36.4 Å². The number of hydrogen-bond donors (Lipinski definition) is 0. The second-order valence-corrected chi connectivity index (χ2v) is 12.7. The van der Waals surface area contributed by atoms with Gasteiger partial charge in [0.1, 0.15) is 0 Å². The maximum absolute atomic E-state index is 5.07. The minimum atomic E-state index is 0.715. The summed E-state index contributed by atoms with van der Waals surface area (Å²) in [5, 5.41) is 6.15. The lowest BCUT2D eigenvalue weighted by Crippen LogP contribution is -1.97. The van der Waals surface area contributed by atoms with Gasteiger partial charge in [-0.15, -0.1) is 0 Å². The standard InChI is InChI=1S/C46H30N4/c1-4-12-31(13-5-1)41-30-42(48-46(47-41)33-14-6-2-7-15-33)32-20-23-37(24-21-32)50-43-19-11-10-18-38(43)39-25-22-34-29-44-35(28-40(34)45(39)50)26-27-49(44)36-16-8-3-9-17-36/h1-30H. The summed E-state index contributed by atoms with van der Waals surface area (Å²) in [5.74, 6) is 0.715. The third kappa shape index (κ3) is 4.61. The van der Waals surface area contributed by atoms with Crippen LogP contribution in [0.1, 0.15) is 0 Å². The SMILES string of the molecule is c1ccc(-c2cc(-c3ccc(-n4c5ccccc5c5ccc6cc7c(ccn7-c7ccccc7)cc6c54)cc3)nc(-c3ccccc3)n2)cc1. The predicted octanol–water partition coefficient (Wildman–Crippen LogP) is 11.7. The van der Waals surface area contributed by atoms with Crippen LogP contribution in [0.2, 0.25) is 0 Å². The van der Waals surface area contributed by atoms with Crippen LogP contribution in [0.5, 0.6) is 0 Å². The largest absolute Gasteiger partial charge is 0.317 e. The molecule has 4 heteroatoms. The molecule has 234 valence electrons. The highest BCUT2D eigenvalue weighted by Crippen LogP contribution is 2.39. The predicted molar refractivity (Wildman–Crippen MR) is 207 cm³/mol. The van der Waals surface area contributed by atoms with Gasteiger partial charge in [-0.05, 0) is 60.0 Å². The fourth-order valence-electron chi connectivity index (χ4n) is 7.35. The van der Waals surface area contributed by atoms with E-state index in [-0.39, 0.29) is 0 Å². The molecule has 0 N–H and O–H groups in total. The molecule has 50 heavy (non-hydrogen) atoms. The molecule has 3 aromatic heterocycles. The first-order chi connectivity index (χ1) is 24.8. The molecule has 0 saturated heterocycles. The molecule has 0 fully saturated rings. The van der Waals surface area contributed by atoms with Gasteiger partial charge in [0.05, 0.1) is 27.9 Å². The Hall–Kier alpha value is -6.78. The van der Waals surface area contributed by atoms with Crippen LogP contribution in [-0.4, -0.2) is 19.1 Å². The van der Waals surface area contributed by atoms with Gasteiger partial charge in [0.2, 0.25) is 0 Å². The number of rotatable bonds is 5. The van der Waals surface area contributed by atoms with Crippen LogP contribution < -0.4 is 0 Å². The maximum Gasteiger partial charge on any atom is 0.160 e.